The van der Waals surface area contributed by atoms with Crippen molar-refractivity contribution in [1.29, 1.82) is 0 Å². The molecule has 0 aliphatic rings. The van der Waals surface area contributed by atoms with E-state index in [9.17, 15) is 9.18 Å². The summed E-state index contributed by atoms with van der Waals surface area (Å²) in [6, 6.07) is 10.5. The van der Waals surface area contributed by atoms with E-state index in [2.05, 4.69) is 26.3 Å². The van der Waals surface area contributed by atoms with Crippen molar-refractivity contribution >= 4 is 50.9 Å². The molecule has 3 aromatic rings. The number of carbonyl (C=O) groups is 1. The standard InChI is InChI=1S/C17H11BrCl2FN3O/c18-14-9-24(8-11-1-4-12(19)7-15(11)20)23-16(14)22-17(25)10-2-5-13(21)6-3-10/h1-7,9H,8H2,(H,22,23,25). The largest absolute Gasteiger partial charge is 0.304 e. The zero-order chi connectivity index (χ0) is 18.0. The van der Waals surface area contributed by atoms with Crippen LogP contribution in [-0.4, -0.2) is 15.7 Å². The average molecular weight is 443 g/mol. The first-order valence-corrected chi connectivity index (χ1v) is 8.71. The summed E-state index contributed by atoms with van der Waals surface area (Å²) in [5, 5.41) is 8.10. The van der Waals surface area contributed by atoms with E-state index in [0.717, 1.165) is 5.56 Å². The van der Waals surface area contributed by atoms with Gasteiger partial charge in [0.25, 0.3) is 5.91 Å². The van der Waals surface area contributed by atoms with E-state index in [4.69, 9.17) is 23.2 Å². The van der Waals surface area contributed by atoms with E-state index in [1.807, 2.05) is 6.07 Å². The number of amides is 1. The summed E-state index contributed by atoms with van der Waals surface area (Å²) >= 11 is 15.4. The van der Waals surface area contributed by atoms with Crippen LogP contribution in [0.2, 0.25) is 10.0 Å². The molecule has 2 aromatic carbocycles. The van der Waals surface area contributed by atoms with Crippen molar-refractivity contribution in [2.24, 2.45) is 0 Å². The van der Waals surface area contributed by atoms with Crippen LogP contribution in [0.3, 0.4) is 0 Å². The maximum atomic E-state index is 12.9. The smallest absolute Gasteiger partial charge is 0.256 e. The van der Waals surface area contributed by atoms with E-state index in [-0.39, 0.29) is 5.91 Å². The van der Waals surface area contributed by atoms with Gasteiger partial charge in [0.15, 0.2) is 5.82 Å². The maximum Gasteiger partial charge on any atom is 0.256 e. The zero-order valence-corrected chi connectivity index (χ0v) is 15.7. The molecule has 0 bridgehead atoms. The second kappa shape index (κ2) is 7.56. The molecule has 4 nitrogen and oxygen atoms in total. The highest BCUT2D eigenvalue weighted by Gasteiger charge is 2.13. The van der Waals surface area contributed by atoms with Crippen molar-refractivity contribution < 1.29 is 9.18 Å². The highest BCUT2D eigenvalue weighted by Crippen LogP contribution is 2.25. The van der Waals surface area contributed by atoms with Gasteiger partial charge in [-0.2, -0.15) is 5.10 Å². The predicted molar refractivity (Wildman–Crippen MR) is 99.8 cm³/mol. The Bertz CT molecular complexity index is 928. The third kappa shape index (κ3) is 4.39. The van der Waals surface area contributed by atoms with Crippen molar-refractivity contribution in [3.63, 3.8) is 0 Å². The zero-order valence-electron chi connectivity index (χ0n) is 12.6. The van der Waals surface area contributed by atoms with Crippen LogP contribution < -0.4 is 5.32 Å². The monoisotopic (exact) mass is 441 g/mol. The lowest BCUT2D eigenvalue weighted by molar-refractivity contribution is 0.102. The second-order valence-electron chi connectivity index (χ2n) is 5.22. The van der Waals surface area contributed by atoms with E-state index in [1.54, 1.807) is 23.0 Å². The number of nitrogens with zero attached hydrogens (tertiary/aromatic N) is 2. The van der Waals surface area contributed by atoms with E-state index in [0.29, 0.717) is 32.4 Å². The van der Waals surface area contributed by atoms with Gasteiger partial charge in [0, 0.05) is 21.8 Å². The summed E-state index contributed by atoms with van der Waals surface area (Å²) in [7, 11) is 0. The van der Waals surface area contributed by atoms with Gasteiger partial charge in [-0.3, -0.25) is 9.48 Å². The maximum absolute atomic E-state index is 12.9. The van der Waals surface area contributed by atoms with Crippen molar-refractivity contribution in [2.45, 2.75) is 6.54 Å². The van der Waals surface area contributed by atoms with Crippen LogP contribution in [0.15, 0.2) is 53.1 Å². The van der Waals surface area contributed by atoms with Gasteiger partial charge in [0.2, 0.25) is 0 Å². The minimum absolute atomic E-state index is 0.337. The Morgan fingerprint density at radius 1 is 1.20 bits per heavy atom. The van der Waals surface area contributed by atoms with Crippen LogP contribution in [0, 0.1) is 5.82 Å². The highest BCUT2D eigenvalue weighted by atomic mass is 79.9. The van der Waals surface area contributed by atoms with Gasteiger partial charge in [0.1, 0.15) is 5.82 Å². The fourth-order valence-corrected chi connectivity index (χ4v) is 3.05. The molecule has 0 aliphatic carbocycles. The van der Waals surface area contributed by atoms with Crippen LogP contribution in [0.1, 0.15) is 15.9 Å². The summed E-state index contributed by atoms with van der Waals surface area (Å²) in [6.45, 7) is 0.418. The van der Waals surface area contributed by atoms with Gasteiger partial charge in [0.05, 0.1) is 11.0 Å². The Kier molecular flexibility index (Phi) is 5.42. The van der Waals surface area contributed by atoms with Gasteiger partial charge in [-0.25, -0.2) is 4.39 Å². The third-order valence-corrected chi connectivity index (χ3v) is 4.57. The van der Waals surface area contributed by atoms with Crippen LogP contribution in [0.4, 0.5) is 10.2 Å². The first-order chi connectivity index (χ1) is 11.9. The van der Waals surface area contributed by atoms with Crippen molar-refractivity contribution in [1.82, 2.24) is 9.78 Å². The molecule has 0 fully saturated rings. The molecule has 0 saturated carbocycles. The number of anilines is 1. The molecule has 0 aliphatic heterocycles. The lowest BCUT2D eigenvalue weighted by atomic mass is 10.2. The van der Waals surface area contributed by atoms with Gasteiger partial charge < -0.3 is 5.32 Å². The summed E-state index contributed by atoms with van der Waals surface area (Å²) in [5.41, 5.74) is 1.18. The van der Waals surface area contributed by atoms with E-state index < -0.39 is 5.82 Å². The topological polar surface area (TPSA) is 46.9 Å². The molecule has 0 unspecified atom stereocenters. The molecule has 0 atom stereocenters. The van der Waals surface area contributed by atoms with Crippen LogP contribution >= 0.6 is 39.1 Å². The third-order valence-electron chi connectivity index (χ3n) is 3.40. The summed E-state index contributed by atoms with van der Waals surface area (Å²) < 4.78 is 15.2. The minimum atomic E-state index is -0.401. The summed E-state index contributed by atoms with van der Waals surface area (Å²) in [4.78, 5) is 12.2. The van der Waals surface area contributed by atoms with Crippen molar-refractivity contribution in [3.8, 4) is 0 Å². The van der Waals surface area contributed by atoms with Crippen LogP contribution in [0.25, 0.3) is 0 Å². The Labute approximate surface area is 161 Å². The number of hydrogen-bond donors (Lipinski definition) is 1. The molecule has 1 aromatic heterocycles. The summed E-state index contributed by atoms with van der Waals surface area (Å²) in [5.74, 6) is -0.420. The summed E-state index contributed by atoms with van der Waals surface area (Å²) in [6.07, 6.45) is 1.73. The Morgan fingerprint density at radius 3 is 2.60 bits per heavy atom. The normalized spacial score (nSPS) is 10.7. The van der Waals surface area contributed by atoms with E-state index in [1.165, 1.54) is 24.3 Å². The first-order valence-electron chi connectivity index (χ1n) is 7.16. The lowest BCUT2D eigenvalue weighted by Gasteiger charge is -2.05. The fraction of sp³-hybridized carbons (Fsp3) is 0.0588. The van der Waals surface area contributed by atoms with Gasteiger partial charge in [-0.1, -0.05) is 29.3 Å². The molecule has 1 N–H and O–H groups in total. The number of benzene rings is 2. The Morgan fingerprint density at radius 2 is 1.92 bits per heavy atom. The molecule has 0 spiro atoms. The predicted octanol–water partition coefficient (Wildman–Crippen LogP) is 5.39. The molecule has 128 valence electrons. The number of rotatable bonds is 4. The molecule has 1 heterocycles. The molecule has 0 radical (unpaired) electrons. The van der Waals surface area contributed by atoms with Gasteiger partial charge in [-0.05, 0) is 57.9 Å². The first kappa shape index (κ1) is 17.9. The van der Waals surface area contributed by atoms with E-state index >= 15 is 0 Å². The molecule has 0 saturated heterocycles. The second-order valence-corrected chi connectivity index (χ2v) is 6.92. The van der Waals surface area contributed by atoms with Crippen molar-refractivity contribution in [2.75, 3.05) is 5.32 Å². The quantitative estimate of drug-likeness (QED) is 0.588. The molecule has 8 heteroatoms. The Balaban J connectivity index is 1.76. The Hall–Kier alpha value is -1.89. The average Bonchev–Trinajstić information content (AvgIpc) is 2.90. The number of aromatic nitrogens is 2. The highest BCUT2D eigenvalue weighted by molar-refractivity contribution is 9.10. The number of hydrogen-bond acceptors (Lipinski definition) is 2. The number of carbonyl (C=O) groups excluding carboxylic acids is 1. The minimum Gasteiger partial charge on any atom is -0.304 e. The number of halogens is 4. The molecular formula is C17H11BrCl2FN3O. The van der Waals surface area contributed by atoms with Crippen LogP contribution in [0.5, 0.6) is 0 Å². The SMILES string of the molecule is O=C(Nc1nn(Cc2ccc(Cl)cc2Cl)cc1Br)c1ccc(F)cc1. The lowest BCUT2D eigenvalue weighted by Crippen LogP contribution is -2.13. The number of nitrogens with one attached hydrogen (secondary N) is 1. The van der Waals surface area contributed by atoms with Crippen molar-refractivity contribution in [3.05, 3.63) is 80.1 Å². The molecule has 25 heavy (non-hydrogen) atoms. The molecule has 1 amide bonds. The van der Waals surface area contributed by atoms with Gasteiger partial charge in [-0.15, -0.1) is 0 Å². The molecular weight excluding hydrogens is 432 g/mol. The van der Waals surface area contributed by atoms with Crippen LogP contribution in [-0.2, 0) is 6.54 Å². The van der Waals surface area contributed by atoms with Gasteiger partial charge >= 0.3 is 0 Å². The fourth-order valence-electron chi connectivity index (χ4n) is 2.17. The molecule has 3 rings (SSSR count).